The van der Waals surface area contributed by atoms with Crippen molar-refractivity contribution in [3.8, 4) is 0 Å². The predicted octanol–water partition coefficient (Wildman–Crippen LogP) is 1.53. The van der Waals surface area contributed by atoms with E-state index in [-0.39, 0.29) is 19.7 Å². The Labute approximate surface area is 110 Å². The monoisotopic (exact) mass is 273 g/mol. The van der Waals surface area contributed by atoms with Gasteiger partial charge in [-0.25, -0.2) is 13.6 Å². The molecule has 0 unspecified atom stereocenters. The number of methoxy groups -OCH3 is 1. The molecule has 106 valence electrons. The van der Waals surface area contributed by atoms with E-state index in [0.29, 0.717) is 12.1 Å². The molecule has 4 nitrogen and oxygen atoms in total. The number of nitrogens with zero attached hydrogens (tertiary/aromatic N) is 1. The Morgan fingerprint density at radius 3 is 2.47 bits per heavy atom. The summed E-state index contributed by atoms with van der Waals surface area (Å²) in [6.07, 6.45) is -2.44. The highest BCUT2D eigenvalue weighted by atomic mass is 19.3. The Morgan fingerprint density at radius 1 is 1.37 bits per heavy atom. The Bertz CT molecular complexity index is 395. The van der Waals surface area contributed by atoms with E-state index in [1.165, 1.54) is 12.0 Å². The molecule has 0 saturated carbocycles. The van der Waals surface area contributed by atoms with E-state index in [0.717, 1.165) is 5.56 Å². The van der Waals surface area contributed by atoms with Crippen LogP contribution < -0.4 is 0 Å². The van der Waals surface area contributed by atoms with E-state index < -0.39 is 12.4 Å². The number of halogens is 2. The zero-order valence-electron chi connectivity index (χ0n) is 10.7. The van der Waals surface area contributed by atoms with Crippen molar-refractivity contribution in [3.05, 3.63) is 35.4 Å². The van der Waals surface area contributed by atoms with Gasteiger partial charge in [-0.2, -0.15) is 0 Å². The molecule has 0 aromatic heterocycles. The Morgan fingerprint density at radius 2 is 2.00 bits per heavy atom. The molecule has 0 radical (unpaired) electrons. The third kappa shape index (κ3) is 5.32. The second-order valence-corrected chi connectivity index (χ2v) is 4.04. The lowest BCUT2D eigenvalue weighted by Gasteiger charge is -2.20. The van der Waals surface area contributed by atoms with Crippen molar-refractivity contribution in [3.63, 3.8) is 0 Å². The van der Waals surface area contributed by atoms with Gasteiger partial charge < -0.3 is 9.84 Å². The summed E-state index contributed by atoms with van der Waals surface area (Å²) in [7, 11) is 1.29. The van der Waals surface area contributed by atoms with Crippen molar-refractivity contribution in [2.24, 2.45) is 0 Å². The highest BCUT2D eigenvalue weighted by molar-refractivity contribution is 5.89. The number of benzene rings is 1. The minimum Gasteiger partial charge on any atom is -0.465 e. The number of carbonyl (C=O) groups is 1. The van der Waals surface area contributed by atoms with Gasteiger partial charge in [0.25, 0.3) is 6.43 Å². The van der Waals surface area contributed by atoms with Crippen molar-refractivity contribution < 1.29 is 23.4 Å². The summed E-state index contributed by atoms with van der Waals surface area (Å²) in [5, 5.41) is 8.83. The molecule has 1 aromatic carbocycles. The van der Waals surface area contributed by atoms with E-state index in [9.17, 15) is 13.6 Å². The normalized spacial score (nSPS) is 11.1. The maximum Gasteiger partial charge on any atom is 0.337 e. The first-order chi connectivity index (χ1) is 9.06. The molecular weight excluding hydrogens is 256 g/mol. The maximum atomic E-state index is 12.3. The number of ether oxygens (including phenoxy) is 1. The molecule has 1 aromatic rings. The van der Waals surface area contributed by atoms with Crippen LogP contribution in [0.15, 0.2) is 24.3 Å². The molecule has 0 spiro atoms. The van der Waals surface area contributed by atoms with Crippen LogP contribution in [-0.4, -0.2) is 49.2 Å². The van der Waals surface area contributed by atoms with Crippen LogP contribution in [0.4, 0.5) is 8.78 Å². The average molecular weight is 273 g/mol. The third-order valence-corrected chi connectivity index (χ3v) is 2.59. The molecule has 1 rings (SSSR count). The molecule has 19 heavy (non-hydrogen) atoms. The minimum atomic E-state index is -2.44. The van der Waals surface area contributed by atoms with Crippen molar-refractivity contribution in [2.75, 3.05) is 26.8 Å². The lowest BCUT2D eigenvalue weighted by Crippen LogP contribution is -2.31. The number of esters is 1. The molecule has 0 aliphatic heterocycles. The largest absolute Gasteiger partial charge is 0.465 e. The molecule has 0 heterocycles. The first kappa shape index (κ1) is 15.5. The first-order valence-corrected chi connectivity index (χ1v) is 5.85. The Balaban J connectivity index is 2.66. The molecular formula is C13H17F2NO3. The van der Waals surface area contributed by atoms with Crippen molar-refractivity contribution in [1.29, 1.82) is 0 Å². The molecule has 0 aliphatic rings. The van der Waals surface area contributed by atoms with Gasteiger partial charge in [-0.1, -0.05) is 12.1 Å². The third-order valence-electron chi connectivity index (χ3n) is 2.59. The smallest absolute Gasteiger partial charge is 0.337 e. The topological polar surface area (TPSA) is 49.8 Å². The van der Waals surface area contributed by atoms with Crippen LogP contribution in [-0.2, 0) is 11.3 Å². The standard InChI is InChI=1S/C13H17F2NO3/c1-19-13(18)11-4-2-10(3-5-11)8-16(6-7-17)9-12(14)15/h2-5,12,17H,6-9H2,1H3. The van der Waals surface area contributed by atoms with Gasteiger partial charge in [0.05, 0.1) is 25.8 Å². The molecule has 0 bridgehead atoms. The molecule has 1 N–H and O–H groups in total. The summed E-state index contributed by atoms with van der Waals surface area (Å²) in [5.41, 5.74) is 1.20. The SMILES string of the molecule is COC(=O)c1ccc(CN(CCO)CC(F)F)cc1. The van der Waals surface area contributed by atoms with E-state index >= 15 is 0 Å². The number of alkyl halides is 2. The Hall–Kier alpha value is -1.53. The van der Waals surface area contributed by atoms with E-state index in [4.69, 9.17) is 5.11 Å². The van der Waals surface area contributed by atoms with Crippen molar-refractivity contribution >= 4 is 5.97 Å². The fraction of sp³-hybridized carbons (Fsp3) is 0.462. The van der Waals surface area contributed by atoms with Crippen LogP contribution in [0.2, 0.25) is 0 Å². The zero-order chi connectivity index (χ0) is 14.3. The van der Waals surface area contributed by atoms with Crippen LogP contribution in [0, 0.1) is 0 Å². The lowest BCUT2D eigenvalue weighted by molar-refractivity contribution is 0.0600. The summed E-state index contributed by atoms with van der Waals surface area (Å²) in [5.74, 6) is -0.439. The second kappa shape index (κ2) is 7.81. The van der Waals surface area contributed by atoms with Crippen LogP contribution in [0.1, 0.15) is 15.9 Å². The fourth-order valence-electron chi connectivity index (χ4n) is 1.69. The summed E-state index contributed by atoms with van der Waals surface area (Å²) in [6.45, 7) is -0.0816. The quantitative estimate of drug-likeness (QED) is 0.765. The Kier molecular flexibility index (Phi) is 6.38. The van der Waals surface area contributed by atoms with Gasteiger partial charge in [0.2, 0.25) is 0 Å². The highest BCUT2D eigenvalue weighted by Gasteiger charge is 2.12. The fourth-order valence-corrected chi connectivity index (χ4v) is 1.69. The summed E-state index contributed by atoms with van der Waals surface area (Å²) in [6, 6.07) is 6.53. The summed E-state index contributed by atoms with van der Waals surface area (Å²) in [4.78, 5) is 12.7. The molecule has 6 heteroatoms. The van der Waals surface area contributed by atoms with Gasteiger partial charge in [-0.05, 0) is 17.7 Å². The van der Waals surface area contributed by atoms with Crippen LogP contribution in [0.25, 0.3) is 0 Å². The number of aliphatic hydroxyl groups is 1. The van der Waals surface area contributed by atoms with Crippen LogP contribution in [0.3, 0.4) is 0 Å². The maximum absolute atomic E-state index is 12.3. The molecule has 0 atom stereocenters. The second-order valence-electron chi connectivity index (χ2n) is 4.04. The van der Waals surface area contributed by atoms with Gasteiger partial charge in [0, 0.05) is 13.1 Å². The average Bonchev–Trinajstić information content (AvgIpc) is 2.38. The number of hydrogen-bond acceptors (Lipinski definition) is 4. The number of hydrogen-bond donors (Lipinski definition) is 1. The lowest BCUT2D eigenvalue weighted by atomic mass is 10.1. The van der Waals surface area contributed by atoms with Gasteiger partial charge in [0.15, 0.2) is 0 Å². The highest BCUT2D eigenvalue weighted by Crippen LogP contribution is 2.10. The summed E-state index contributed by atoms with van der Waals surface area (Å²) >= 11 is 0. The number of carbonyl (C=O) groups excluding carboxylic acids is 1. The van der Waals surface area contributed by atoms with Gasteiger partial charge in [-0.3, -0.25) is 4.90 Å². The minimum absolute atomic E-state index is 0.174. The first-order valence-electron chi connectivity index (χ1n) is 5.85. The van der Waals surface area contributed by atoms with Crippen molar-refractivity contribution in [2.45, 2.75) is 13.0 Å². The molecule has 0 fully saturated rings. The molecule has 0 saturated heterocycles. The van der Waals surface area contributed by atoms with E-state index in [1.807, 2.05) is 0 Å². The number of rotatable bonds is 7. The molecule has 0 aliphatic carbocycles. The zero-order valence-corrected chi connectivity index (χ0v) is 10.7. The van der Waals surface area contributed by atoms with Crippen molar-refractivity contribution in [1.82, 2.24) is 4.90 Å². The molecule has 0 amide bonds. The van der Waals surface area contributed by atoms with Crippen LogP contribution in [0.5, 0.6) is 0 Å². The van der Waals surface area contributed by atoms with Crippen LogP contribution >= 0.6 is 0 Å². The van der Waals surface area contributed by atoms with Gasteiger partial charge in [0.1, 0.15) is 0 Å². The van der Waals surface area contributed by atoms with E-state index in [1.54, 1.807) is 24.3 Å². The van der Waals surface area contributed by atoms with E-state index in [2.05, 4.69) is 4.74 Å². The predicted molar refractivity (Wildman–Crippen MR) is 66.1 cm³/mol. The van der Waals surface area contributed by atoms with Gasteiger partial charge in [-0.15, -0.1) is 0 Å². The van der Waals surface area contributed by atoms with Gasteiger partial charge >= 0.3 is 5.97 Å². The number of aliphatic hydroxyl groups excluding tert-OH is 1. The summed E-state index contributed by atoms with van der Waals surface area (Å²) < 4.78 is 29.3.